The second-order valence-electron chi connectivity index (χ2n) is 7.51. The van der Waals surface area contributed by atoms with Crippen LogP contribution in [-0.4, -0.2) is 33.1 Å². The van der Waals surface area contributed by atoms with Gasteiger partial charge in [0.05, 0.1) is 27.9 Å². The summed E-state index contributed by atoms with van der Waals surface area (Å²) in [5.41, 5.74) is 0.879. The lowest BCUT2D eigenvalue weighted by molar-refractivity contribution is 0.0953. The van der Waals surface area contributed by atoms with Gasteiger partial charge >= 0.3 is 0 Å². The summed E-state index contributed by atoms with van der Waals surface area (Å²) in [4.78, 5) is 30.4. The number of anilines is 1. The van der Waals surface area contributed by atoms with Gasteiger partial charge in [0.2, 0.25) is 0 Å². The molecule has 2 amide bonds. The van der Waals surface area contributed by atoms with E-state index in [0.717, 1.165) is 6.42 Å². The van der Waals surface area contributed by atoms with Crippen LogP contribution in [0.1, 0.15) is 45.7 Å². The van der Waals surface area contributed by atoms with E-state index in [1.807, 2.05) is 6.07 Å². The topological polar surface area (TPSA) is 113 Å². The van der Waals surface area contributed by atoms with Crippen molar-refractivity contribution in [3.63, 3.8) is 0 Å². The number of hydrogen-bond donors (Lipinski definition) is 2. The first-order chi connectivity index (χ1) is 15.9. The first kappa shape index (κ1) is 23.4. The van der Waals surface area contributed by atoms with Crippen LogP contribution >= 0.6 is 43.5 Å². The van der Waals surface area contributed by atoms with Gasteiger partial charge < -0.3 is 10.6 Å². The molecule has 3 aromatic rings. The molecule has 1 saturated carbocycles. The molecule has 0 saturated heterocycles. The highest BCUT2D eigenvalue weighted by Crippen LogP contribution is 2.32. The van der Waals surface area contributed by atoms with E-state index in [-0.39, 0.29) is 28.7 Å². The highest BCUT2D eigenvalue weighted by molar-refractivity contribution is 9.10. The fourth-order valence-electron chi connectivity index (χ4n) is 3.26. The van der Waals surface area contributed by atoms with Gasteiger partial charge in [-0.25, -0.2) is 9.67 Å². The zero-order valence-electron chi connectivity index (χ0n) is 17.1. The molecule has 0 unspecified atom stereocenters. The zero-order chi connectivity index (χ0) is 23.5. The lowest BCUT2D eigenvalue weighted by Gasteiger charge is -2.15. The van der Waals surface area contributed by atoms with Gasteiger partial charge in [0.1, 0.15) is 10.3 Å². The Balaban J connectivity index is 1.65. The fraction of sp³-hybridized carbons (Fsp3) is 0.227. The molecular formula is C22H17Br2ClN6O2. The minimum Gasteiger partial charge on any atom is -0.352 e. The van der Waals surface area contributed by atoms with E-state index >= 15 is 0 Å². The van der Waals surface area contributed by atoms with Gasteiger partial charge in [0, 0.05) is 23.3 Å². The fourth-order valence-corrected chi connectivity index (χ4v) is 4.39. The number of nitrogens with zero attached hydrogens (tertiary/aromatic N) is 4. The summed E-state index contributed by atoms with van der Waals surface area (Å²) in [6.07, 6.45) is 4.83. The summed E-state index contributed by atoms with van der Waals surface area (Å²) in [7, 11) is 0. The molecule has 4 rings (SSSR count). The Bertz CT molecular complexity index is 1280. The number of carbonyl (C=O) groups is 2. The number of halogens is 3. The molecule has 11 heteroatoms. The van der Waals surface area contributed by atoms with E-state index < -0.39 is 5.91 Å². The van der Waals surface area contributed by atoms with Gasteiger partial charge in [-0.2, -0.15) is 10.4 Å². The Morgan fingerprint density at radius 2 is 2.03 bits per heavy atom. The maximum Gasteiger partial charge on any atom is 0.274 e. The van der Waals surface area contributed by atoms with E-state index in [4.69, 9.17) is 11.6 Å². The van der Waals surface area contributed by atoms with E-state index in [2.05, 4.69) is 52.6 Å². The van der Waals surface area contributed by atoms with Crippen molar-refractivity contribution in [3.8, 4) is 11.9 Å². The van der Waals surface area contributed by atoms with Crippen LogP contribution in [0.2, 0.25) is 5.02 Å². The first-order valence-corrected chi connectivity index (χ1v) is 12.0. The molecule has 168 valence electrons. The van der Waals surface area contributed by atoms with Gasteiger partial charge in [-0.15, -0.1) is 0 Å². The Morgan fingerprint density at radius 1 is 1.24 bits per heavy atom. The maximum atomic E-state index is 13.2. The van der Waals surface area contributed by atoms with Crippen molar-refractivity contribution in [3.05, 3.63) is 67.4 Å². The molecule has 8 nitrogen and oxygen atoms in total. The SMILES string of the molecule is N#Cc1cc(Br)c(NC(=O)c2cc(Br)nn2-c2ncccc2Cl)c(C(=O)NCCC2CC2)c1. The number of carbonyl (C=O) groups excluding carboxylic acids is 2. The molecule has 2 N–H and O–H groups in total. The van der Waals surface area contributed by atoms with Crippen LogP contribution in [0.5, 0.6) is 0 Å². The predicted octanol–water partition coefficient (Wildman–Crippen LogP) is 5.10. The average Bonchev–Trinajstić information content (AvgIpc) is 3.54. The summed E-state index contributed by atoms with van der Waals surface area (Å²) in [6, 6.07) is 9.86. The molecule has 1 fully saturated rings. The number of nitriles is 1. The molecule has 33 heavy (non-hydrogen) atoms. The molecule has 1 aromatic carbocycles. The lowest BCUT2D eigenvalue weighted by Crippen LogP contribution is -2.27. The lowest BCUT2D eigenvalue weighted by atomic mass is 10.1. The zero-order valence-corrected chi connectivity index (χ0v) is 21.0. The number of nitrogens with one attached hydrogen (secondary N) is 2. The standard InChI is InChI=1S/C22H17Br2ClN6O2/c23-15-9-13(11-26)8-14(21(32)28-7-5-12-3-4-12)19(15)29-22(33)17-10-18(24)30-31(17)20-16(25)2-1-6-27-20/h1-2,6,8-10,12H,3-5,7H2,(H,28,32)(H,29,33). The largest absolute Gasteiger partial charge is 0.352 e. The maximum absolute atomic E-state index is 13.2. The number of aromatic nitrogens is 3. The van der Waals surface area contributed by atoms with Gasteiger partial charge in [0.25, 0.3) is 11.8 Å². The minimum atomic E-state index is -0.535. The predicted molar refractivity (Wildman–Crippen MR) is 131 cm³/mol. The molecule has 0 spiro atoms. The number of pyridine rings is 1. The first-order valence-electron chi connectivity index (χ1n) is 10.1. The van der Waals surface area contributed by atoms with Crippen molar-refractivity contribution in [2.45, 2.75) is 19.3 Å². The summed E-state index contributed by atoms with van der Waals surface area (Å²) >= 11 is 12.9. The molecular weight excluding hydrogens is 576 g/mol. The number of amides is 2. The number of benzene rings is 1. The molecule has 1 aliphatic carbocycles. The van der Waals surface area contributed by atoms with Crippen molar-refractivity contribution in [1.29, 1.82) is 5.26 Å². The molecule has 2 aromatic heterocycles. The van der Waals surface area contributed by atoms with Gasteiger partial charge in [-0.05, 0) is 68.5 Å². The van der Waals surface area contributed by atoms with E-state index in [9.17, 15) is 14.9 Å². The summed E-state index contributed by atoms with van der Waals surface area (Å²) < 4.78 is 2.13. The monoisotopic (exact) mass is 590 g/mol. The Kier molecular flexibility index (Phi) is 7.12. The van der Waals surface area contributed by atoms with Crippen molar-refractivity contribution < 1.29 is 9.59 Å². The third kappa shape index (κ3) is 5.43. The Labute approximate surface area is 211 Å². The molecule has 2 heterocycles. The Morgan fingerprint density at radius 3 is 2.73 bits per heavy atom. The van der Waals surface area contributed by atoms with Crippen molar-refractivity contribution in [2.75, 3.05) is 11.9 Å². The van der Waals surface area contributed by atoms with Crippen LogP contribution in [0.15, 0.2) is 45.6 Å². The van der Waals surface area contributed by atoms with Crippen molar-refractivity contribution in [1.82, 2.24) is 20.1 Å². The summed E-state index contributed by atoms with van der Waals surface area (Å²) in [6.45, 7) is 0.531. The van der Waals surface area contributed by atoms with Crippen LogP contribution in [0.25, 0.3) is 5.82 Å². The Hall–Kier alpha value is -2.74. The summed E-state index contributed by atoms with van der Waals surface area (Å²) in [5.74, 6) is 0.0457. The second-order valence-corrected chi connectivity index (χ2v) is 9.58. The average molecular weight is 593 g/mol. The quantitative estimate of drug-likeness (QED) is 0.397. The molecule has 0 bridgehead atoms. The van der Waals surface area contributed by atoms with E-state index in [0.29, 0.717) is 32.1 Å². The van der Waals surface area contributed by atoms with Crippen molar-refractivity contribution >= 4 is 61.0 Å². The molecule has 0 atom stereocenters. The van der Waals surface area contributed by atoms with E-state index in [1.165, 1.54) is 29.7 Å². The smallest absolute Gasteiger partial charge is 0.274 e. The van der Waals surface area contributed by atoms with Crippen LogP contribution in [0, 0.1) is 17.2 Å². The van der Waals surface area contributed by atoms with Crippen molar-refractivity contribution in [2.24, 2.45) is 5.92 Å². The second kappa shape index (κ2) is 10.0. The molecule has 0 aliphatic heterocycles. The van der Waals surface area contributed by atoms with E-state index in [1.54, 1.807) is 24.4 Å². The molecule has 1 aliphatic rings. The normalized spacial score (nSPS) is 12.8. The summed E-state index contributed by atoms with van der Waals surface area (Å²) in [5, 5.41) is 19.6. The number of rotatable bonds is 7. The minimum absolute atomic E-state index is 0.152. The number of hydrogen-bond acceptors (Lipinski definition) is 5. The third-order valence-corrected chi connectivity index (χ3v) is 6.40. The highest BCUT2D eigenvalue weighted by atomic mass is 79.9. The van der Waals surface area contributed by atoms with Crippen LogP contribution in [0.4, 0.5) is 5.69 Å². The van der Waals surface area contributed by atoms with Gasteiger partial charge in [-0.1, -0.05) is 24.4 Å². The van der Waals surface area contributed by atoms with Crippen LogP contribution in [-0.2, 0) is 0 Å². The van der Waals surface area contributed by atoms with Gasteiger partial charge in [0.15, 0.2) is 5.82 Å². The van der Waals surface area contributed by atoms with Gasteiger partial charge in [-0.3, -0.25) is 9.59 Å². The molecule has 0 radical (unpaired) electrons. The van der Waals surface area contributed by atoms with Crippen LogP contribution < -0.4 is 10.6 Å². The third-order valence-electron chi connectivity index (χ3n) is 5.09. The highest BCUT2D eigenvalue weighted by Gasteiger charge is 2.24. The van der Waals surface area contributed by atoms with Crippen LogP contribution in [0.3, 0.4) is 0 Å².